The van der Waals surface area contributed by atoms with Gasteiger partial charge in [-0.2, -0.15) is 0 Å². The molecule has 2 N–H and O–H groups in total. The van der Waals surface area contributed by atoms with E-state index >= 15 is 0 Å². The predicted octanol–water partition coefficient (Wildman–Crippen LogP) is 4.00. The van der Waals surface area contributed by atoms with Crippen molar-refractivity contribution in [3.63, 3.8) is 0 Å². The number of aromatic nitrogens is 1. The van der Waals surface area contributed by atoms with Crippen LogP contribution in [-0.2, 0) is 6.54 Å². The van der Waals surface area contributed by atoms with E-state index < -0.39 is 0 Å². The first kappa shape index (κ1) is 13.8. The molecule has 0 bridgehead atoms. The van der Waals surface area contributed by atoms with E-state index in [0.29, 0.717) is 11.3 Å². The Morgan fingerprint density at radius 3 is 2.81 bits per heavy atom. The van der Waals surface area contributed by atoms with E-state index in [4.69, 9.17) is 0 Å². The molecule has 1 amide bonds. The zero-order valence-electron chi connectivity index (χ0n) is 11.0. The molecular weight excluding hydrogens is 335 g/mol. The Kier molecular flexibility index (Phi) is 3.75. The quantitative estimate of drug-likeness (QED) is 0.739. The number of hydrogen-bond donors (Lipinski definition) is 2. The van der Waals surface area contributed by atoms with Crippen molar-refractivity contribution in [2.45, 2.75) is 6.54 Å². The van der Waals surface area contributed by atoms with Crippen molar-refractivity contribution in [1.82, 2.24) is 10.3 Å². The molecule has 0 atom stereocenters. The van der Waals surface area contributed by atoms with Gasteiger partial charge in [0.05, 0.1) is 0 Å². The second kappa shape index (κ2) is 5.69. The molecule has 1 aromatic heterocycles. The van der Waals surface area contributed by atoms with Gasteiger partial charge in [0.15, 0.2) is 0 Å². The zero-order chi connectivity index (χ0) is 14.8. The van der Waals surface area contributed by atoms with Gasteiger partial charge in [-0.05, 0) is 24.3 Å². The van der Waals surface area contributed by atoms with Gasteiger partial charge in [-0.1, -0.05) is 40.2 Å². The summed E-state index contributed by atoms with van der Waals surface area (Å²) < 4.78 is 14.4. The monoisotopic (exact) mass is 346 g/mol. The summed E-state index contributed by atoms with van der Waals surface area (Å²) in [5.74, 6) is -0.580. The van der Waals surface area contributed by atoms with Crippen LogP contribution in [0.4, 0.5) is 4.39 Å². The number of halogens is 2. The van der Waals surface area contributed by atoms with Crippen LogP contribution < -0.4 is 5.32 Å². The fourth-order valence-electron chi connectivity index (χ4n) is 2.13. The molecule has 0 radical (unpaired) electrons. The van der Waals surface area contributed by atoms with Gasteiger partial charge in [-0.25, -0.2) is 4.39 Å². The lowest BCUT2D eigenvalue weighted by molar-refractivity contribution is 0.0946. The van der Waals surface area contributed by atoms with E-state index in [9.17, 15) is 9.18 Å². The Morgan fingerprint density at radius 1 is 1.19 bits per heavy atom. The fourth-order valence-corrected chi connectivity index (χ4v) is 2.50. The van der Waals surface area contributed by atoms with Crippen LogP contribution in [0, 0.1) is 5.82 Å². The number of benzene rings is 2. The second-order valence-corrected chi connectivity index (χ2v) is 5.60. The van der Waals surface area contributed by atoms with Gasteiger partial charge in [0.1, 0.15) is 11.5 Å². The van der Waals surface area contributed by atoms with Crippen molar-refractivity contribution in [2.24, 2.45) is 0 Å². The number of aromatic amines is 1. The summed E-state index contributed by atoms with van der Waals surface area (Å²) in [6.07, 6.45) is 0. The average molecular weight is 347 g/mol. The number of amides is 1. The number of carbonyl (C=O) groups excluding carboxylic acids is 1. The molecule has 21 heavy (non-hydrogen) atoms. The second-order valence-electron chi connectivity index (χ2n) is 4.69. The van der Waals surface area contributed by atoms with Gasteiger partial charge in [-0.3, -0.25) is 4.79 Å². The fraction of sp³-hybridized carbons (Fsp3) is 0.0625. The molecular formula is C16H12BrFN2O. The topological polar surface area (TPSA) is 44.9 Å². The molecule has 3 aromatic rings. The highest BCUT2D eigenvalue weighted by Gasteiger charge is 2.10. The van der Waals surface area contributed by atoms with Crippen molar-refractivity contribution in [2.75, 3.05) is 0 Å². The van der Waals surface area contributed by atoms with Crippen molar-refractivity contribution < 1.29 is 9.18 Å². The molecule has 0 aliphatic rings. The maximum atomic E-state index is 13.5. The van der Waals surface area contributed by atoms with Gasteiger partial charge in [0.2, 0.25) is 0 Å². The SMILES string of the molecule is O=C(NCc1ccccc1F)c1cc2ccc(Br)cc2[nH]1. The standard InChI is InChI=1S/C16H12BrFN2O/c17-12-6-5-10-7-15(20-14(10)8-12)16(21)19-9-11-3-1-2-4-13(11)18/h1-8,20H,9H2,(H,19,21). The molecule has 1 heterocycles. The molecule has 2 aromatic carbocycles. The number of hydrogen-bond acceptors (Lipinski definition) is 1. The molecule has 3 rings (SSSR count). The van der Waals surface area contributed by atoms with E-state index in [-0.39, 0.29) is 18.3 Å². The van der Waals surface area contributed by atoms with Crippen LogP contribution >= 0.6 is 15.9 Å². The largest absolute Gasteiger partial charge is 0.350 e. The van der Waals surface area contributed by atoms with Gasteiger partial charge in [-0.15, -0.1) is 0 Å². The summed E-state index contributed by atoms with van der Waals surface area (Å²) in [6.45, 7) is 0.157. The van der Waals surface area contributed by atoms with Crippen LogP contribution in [0.3, 0.4) is 0 Å². The third kappa shape index (κ3) is 2.97. The highest BCUT2D eigenvalue weighted by molar-refractivity contribution is 9.10. The number of carbonyl (C=O) groups is 1. The first-order valence-corrected chi connectivity index (χ1v) is 7.22. The third-order valence-corrected chi connectivity index (χ3v) is 3.72. The summed E-state index contributed by atoms with van der Waals surface area (Å²) >= 11 is 3.39. The van der Waals surface area contributed by atoms with Crippen LogP contribution in [0.2, 0.25) is 0 Å². The number of H-pyrrole nitrogens is 1. The van der Waals surface area contributed by atoms with Gasteiger partial charge < -0.3 is 10.3 Å². The summed E-state index contributed by atoms with van der Waals surface area (Å²) in [5, 5.41) is 3.66. The van der Waals surface area contributed by atoms with Crippen LogP contribution in [0.1, 0.15) is 16.1 Å². The van der Waals surface area contributed by atoms with Gasteiger partial charge >= 0.3 is 0 Å². The maximum absolute atomic E-state index is 13.5. The number of nitrogens with one attached hydrogen (secondary N) is 2. The smallest absolute Gasteiger partial charge is 0.267 e. The molecule has 3 nitrogen and oxygen atoms in total. The van der Waals surface area contributed by atoms with E-state index in [2.05, 4.69) is 26.2 Å². The van der Waals surface area contributed by atoms with E-state index in [1.165, 1.54) is 6.07 Å². The van der Waals surface area contributed by atoms with E-state index in [1.807, 2.05) is 18.2 Å². The normalized spacial score (nSPS) is 10.8. The number of rotatable bonds is 3. The highest BCUT2D eigenvalue weighted by atomic mass is 79.9. The molecule has 106 valence electrons. The zero-order valence-corrected chi connectivity index (χ0v) is 12.6. The van der Waals surface area contributed by atoms with Crippen molar-refractivity contribution in [3.05, 3.63) is 70.1 Å². The van der Waals surface area contributed by atoms with Crippen molar-refractivity contribution in [3.8, 4) is 0 Å². The summed E-state index contributed by atoms with van der Waals surface area (Å²) in [6, 6.07) is 13.9. The number of fused-ring (bicyclic) bond motifs is 1. The lowest BCUT2D eigenvalue weighted by Gasteiger charge is -2.04. The lowest BCUT2D eigenvalue weighted by atomic mass is 10.2. The summed E-state index contributed by atoms with van der Waals surface area (Å²) in [5.41, 5.74) is 1.80. The first-order chi connectivity index (χ1) is 10.1. The lowest BCUT2D eigenvalue weighted by Crippen LogP contribution is -2.23. The minimum Gasteiger partial charge on any atom is -0.350 e. The van der Waals surface area contributed by atoms with Crippen molar-refractivity contribution >= 4 is 32.7 Å². The van der Waals surface area contributed by atoms with Crippen LogP contribution in [0.15, 0.2) is 53.0 Å². The van der Waals surface area contributed by atoms with E-state index in [1.54, 1.807) is 24.3 Å². The first-order valence-electron chi connectivity index (χ1n) is 6.43. The maximum Gasteiger partial charge on any atom is 0.267 e. The minimum absolute atomic E-state index is 0.157. The summed E-state index contributed by atoms with van der Waals surface area (Å²) in [4.78, 5) is 15.2. The van der Waals surface area contributed by atoms with Gasteiger partial charge in [0.25, 0.3) is 5.91 Å². The Bertz CT molecular complexity index is 813. The predicted molar refractivity (Wildman–Crippen MR) is 83.6 cm³/mol. The van der Waals surface area contributed by atoms with Crippen LogP contribution in [0.25, 0.3) is 10.9 Å². The minimum atomic E-state index is -0.321. The summed E-state index contributed by atoms with van der Waals surface area (Å²) in [7, 11) is 0. The molecule has 5 heteroatoms. The Hall–Kier alpha value is -2.14. The average Bonchev–Trinajstić information content (AvgIpc) is 2.89. The molecule has 0 aliphatic carbocycles. The molecule has 0 fully saturated rings. The molecule has 0 unspecified atom stereocenters. The molecule has 0 saturated carbocycles. The highest BCUT2D eigenvalue weighted by Crippen LogP contribution is 2.20. The van der Waals surface area contributed by atoms with Gasteiger partial charge in [0, 0.05) is 27.5 Å². The Balaban J connectivity index is 1.76. The van der Waals surface area contributed by atoms with Crippen molar-refractivity contribution in [1.29, 1.82) is 0 Å². The molecule has 0 aliphatic heterocycles. The Morgan fingerprint density at radius 2 is 2.00 bits per heavy atom. The van der Waals surface area contributed by atoms with E-state index in [0.717, 1.165) is 15.4 Å². The third-order valence-electron chi connectivity index (χ3n) is 3.23. The van der Waals surface area contributed by atoms with Crippen LogP contribution in [0.5, 0.6) is 0 Å². The Labute approximate surface area is 129 Å². The molecule has 0 saturated heterocycles. The molecule has 0 spiro atoms. The van der Waals surface area contributed by atoms with Crippen LogP contribution in [-0.4, -0.2) is 10.9 Å².